The maximum absolute atomic E-state index is 12.0. The number of aliphatic hydroxyl groups excluding tert-OH is 4. The van der Waals surface area contributed by atoms with E-state index >= 15 is 0 Å². The van der Waals surface area contributed by atoms with E-state index in [0.717, 1.165) is 25.7 Å². The molecule has 1 unspecified atom stereocenters. The predicted octanol–water partition coefficient (Wildman–Crippen LogP) is 2.81. The number of carbonyl (C=O) groups excluding carboxylic acids is 1. The summed E-state index contributed by atoms with van der Waals surface area (Å²) >= 11 is 0. The van der Waals surface area contributed by atoms with E-state index in [1.165, 1.54) is 51.4 Å². The van der Waals surface area contributed by atoms with E-state index in [9.17, 15) is 20.1 Å². The number of ether oxygens (including phenoxy) is 2. The van der Waals surface area contributed by atoms with Crippen molar-refractivity contribution in [2.45, 2.75) is 127 Å². The largest absolute Gasteiger partial charge is 0.456 e. The molecule has 1 saturated heterocycles. The molecule has 0 aliphatic carbocycles. The van der Waals surface area contributed by atoms with E-state index in [1.54, 1.807) is 0 Å². The maximum Gasteiger partial charge on any atom is 0.306 e. The topological polar surface area (TPSA) is 116 Å². The highest BCUT2D eigenvalue weighted by atomic mass is 16.7. The van der Waals surface area contributed by atoms with Gasteiger partial charge < -0.3 is 29.9 Å². The zero-order valence-corrected chi connectivity index (χ0v) is 17.7. The summed E-state index contributed by atoms with van der Waals surface area (Å²) in [5.41, 5.74) is 0. The first-order valence-corrected chi connectivity index (χ1v) is 11.3. The maximum atomic E-state index is 12.0. The molecule has 1 fully saturated rings. The molecular formula is C22H42O7. The lowest BCUT2D eigenvalue weighted by Gasteiger charge is -2.39. The van der Waals surface area contributed by atoms with Gasteiger partial charge in [-0.05, 0) is 6.42 Å². The van der Waals surface area contributed by atoms with E-state index in [2.05, 4.69) is 0 Å². The van der Waals surface area contributed by atoms with E-state index in [1.807, 2.05) is 0 Å². The number of esters is 1. The van der Waals surface area contributed by atoms with Crippen LogP contribution in [0.15, 0.2) is 0 Å². The summed E-state index contributed by atoms with van der Waals surface area (Å²) in [6.07, 6.45) is 8.16. The van der Waals surface area contributed by atoms with Gasteiger partial charge in [-0.1, -0.05) is 83.9 Å². The molecule has 1 rings (SSSR count). The van der Waals surface area contributed by atoms with Crippen LogP contribution in [0.25, 0.3) is 0 Å². The molecule has 0 aromatic heterocycles. The zero-order valence-electron chi connectivity index (χ0n) is 18.7. The Morgan fingerprint density at radius 3 is 1.90 bits per heavy atom. The van der Waals surface area contributed by atoms with Crippen molar-refractivity contribution in [2.24, 2.45) is 0 Å². The first-order valence-electron chi connectivity index (χ1n) is 12.0. The average Bonchev–Trinajstić information content (AvgIpc) is 2.74. The van der Waals surface area contributed by atoms with Crippen molar-refractivity contribution < 1.29 is 36.1 Å². The van der Waals surface area contributed by atoms with Gasteiger partial charge in [0.15, 0.2) is 12.4 Å². The Balaban J connectivity index is 1.99. The van der Waals surface area contributed by atoms with Crippen LogP contribution in [0, 0.1) is 0 Å². The fourth-order valence-corrected chi connectivity index (χ4v) is 3.63. The quantitative estimate of drug-likeness (QED) is 0.224. The molecule has 5 atom stereocenters. The van der Waals surface area contributed by atoms with Crippen LogP contribution in [0.4, 0.5) is 0 Å². The number of rotatable bonds is 16. The predicted molar refractivity (Wildman–Crippen MR) is 110 cm³/mol. The molecule has 0 spiro atoms. The Kier molecular flexibility index (Phi) is 13.6. The van der Waals surface area contributed by atoms with Crippen LogP contribution in [-0.2, 0) is 14.3 Å². The van der Waals surface area contributed by atoms with Crippen molar-refractivity contribution in [3.63, 3.8) is 0 Å². The molecule has 0 saturated carbocycles. The van der Waals surface area contributed by atoms with Crippen molar-refractivity contribution in [2.75, 3.05) is 6.61 Å². The molecule has 172 valence electrons. The number of aliphatic hydroxyl groups is 4. The molecule has 29 heavy (non-hydrogen) atoms. The van der Waals surface area contributed by atoms with E-state index < -0.39 is 43.3 Å². The fourth-order valence-electron chi connectivity index (χ4n) is 3.63. The molecule has 7 nitrogen and oxygen atoms in total. The second-order valence-corrected chi connectivity index (χ2v) is 8.03. The van der Waals surface area contributed by atoms with Gasteiger partial charge in [0.2, 0.25) is 0 Å². The number of hydrogen-bond donors (Lipinski definition) is 4. The lowest BCUT2D eigenvalue weighted by molar-refractivity contribution is -0.289. The summed E-state index contributed by atoms with van der Waals surface area (Å²) in [4.78, 5) is 12.0. The second kappa shape index (κ2) is 16.0. The number of hydrogen-bond acceptors (Lipinski definition) is 7. The van der Waals surface area contributed by atoms with Gasteiger partial charge in [-0.25, -0.2) is 0 Å². The summed E-state index contributed by atoms with van der Waals surface area (Å²) in [7, 11) is 0. The first kappa shape index (κ1) is 24.5. The minimum absolute atomic E-state index is 0.191. The Morgan fingerprint density at radius 2 is 1.38 bits per heavy atom. The SMILES string of the molecule is [2H]CCCCCCCCCCCCCCCC(=O)O[C@H]1[C@H](O)[C@@H](CO)OC(O)[C@@H]1O. The molecule has 1 aliphatic rings. The van der Waals surface area contributed by atoms with E-state index in [4.69, 9.17) is 16.0 Å². The molecule has 0 aromatic rings. The third-order valence-corrected chi connectivity index (χ3v) is 5.49. The third-order valence-electron chi connectivity index (χ3n) is 5.49. The number of carbonyl (C=O) groups is 1. The van der Waals surface area contributed by atoms with Crippen molar-refractivity contribution >= 4 is 5.97 Å². The third kappa shape index (κ3) is 10.7. The Morgan fingerprint density at radius 1 is 0.862 bits per heavy atom. The lowest BCUT2D eigenvalue weighted by Crippen LogP contribution is -2.59. The van der Waals surface area contributed by atoms with Gasteiger partial charge in [0, 0.05) is 7.79 Å². The van der Waals surface area contributed by atoms with Crippen molar-refractivity contribution in [1.29, 1.82) is 0 Å². The summed E-state index contributed by atoms with van der Waals surface area (Å²) in [6.45, 7) is 0.00424. The van der Waals surface area contributed by atoms with Crippen molar-refractivity contribution in [1.82, 2.24) is 0 Å². The van der Waals surface area contributed by atoms with Crippen LogP contribution in [0.2, 0.25) is 0 Å². The van der Waals surface area contributed by atoms with Gasteiger partial charge in [-0.3, -0.25) is 4.79 Å². The number of unbranched alkanes of at least 4 members (excludes halogenated alkanes) is 12. The van der Waals surface area contributed by atoms with E-state index in [-0.39, 0.29) is 6.42 Å². The summed E-state index contributed by atoms with van der Waals surface area (Å²) in [6, 6.07) is 0. The van der Waals surface area contributed by atoms with Gasteiger partial charge in [-0.2, -0.15) is 0 Å². The van der Waals surface area contributed by atoms with Gasteiger partial charge >= 0.3 is 5.97 Å². The van der Waals surface area contributed by atoms with E-state index in [0.29, 0.717) is 13.3 Å². The average molecular weight is 420 g/mol. The second-order valence-electron chi connectivity index (χ2n) is 8.03. The lowest BCUT2D eigenvalue weighted by atomic mass is 9.99. The van der Waals surface area contributed by atoms with Crippen molar-refractivity contribution in [3.8, 4) is 0 Å². The van der Waals surface area contributed by atoms with Crippen LogP contribution in [-0.4, -0.2) is 63.7 Å². The Labute approximate surface area is 176 Å². The molecule has 7 heteroatoms. The summed E-state index contributed by atoms with van der Waals surface area (Å²) < 4.78 is 17.1. The minimum atomic E-state index is -1.61. The molecular weight excluding hydrogens is 376 g/mol. The molecule has 1 aliphatic heterocycles. The molecule has 0 bridgehead atoms. The fraction of sp³-hybridized carbons (Fsp3) is 0.955. The zero-order chi connectivity index (χ0) is 22.2. The smallest absolute Gasteiger partial charge is 0.306 e. The monoisotopic (exact) mass is 419 g/mol. The standard InChI is InChI=1S/C22H42O7/c1-2-3-4-5-6-7-8-9-10-11-12-13-14-15-18(24)29-21-19(25)17(16-23)28-22(27)20(21)26/h17,19-23,25-27H,2-16H2,1H3/t17-,19-,20-,21+,22?/m1/s1/i1D. The molecule has 0 amide bonds. The normalized spacial score (nSPS) is 27.6. The molecule has 0 radical (unpaired) electrons. The Hall–Kier alpha value is -0.730. The first-order chi connectivity index (χ1) is 14.5. The van der Waals surface area contributed by atoms with Crippen LogP contribution >= 0.6 is 0 Å². The van der Waals surface area contributed by atoms with Gasteiger partial charge in [0.1, 0.15) is 18.3 Å². The van der Waals surface area contributed by atoms with Crippen molar-refractivity contribution in [3.05, 3.63) is 0 Å². The van der Waals surface area contributed by atoms with Gasteiger partial charge in [0.25, 0.3) is 0 Å². The molecule has 1 heterocycles. The van der Waals surface area contributed by atoms with Gasteiger partial charge in [0.05, 0.1) is 6.61 Å². The molecule has 4 N–H and O–H groups in total. The summed E-state index contributed by atoms with van der Waals surface area (Å²) in [5.74, 6) is -0.536. The minimum Gasteiger partial charge on any atom is -0.456 e. The van der Waals surface area contributed by atoms with Crippen LogP contribution < -0.4 is 0 Å². The van der Waals surface area contributed by atoms with Crippen LogP contribution in [0.5, 0.6) is 0 Å². The van der Waals surface area contributed by atoms with Crippen LogP contribution in [0.1, 0.15) is 98.2 Å². The summed E-state index contributed by atoms with van der Waals surface area (Å²) in [5, 5.41) is 38.6. The highest BCUT2D eigenvalue weighted by Crippen LogP contribution is 2.23. The highest BCUT2D eigenvalue weighted by molar-refractivity contribution is 5.69. The van der Waals surface area contributed by atoms with Gasteiger partial charge in [-0.15, -0.1) is 0 Å². The Bertz CT molecular complexity index is 438. The van der Waals surface area contributed by atoms with Crippen LogP contribution in [0.3, 0.4) is 0 Å². The highest BCUT2D eigenvalue weighted by Gasteiger charge is 2.45. The molecule has 0 aromatic carbocycles.